The fourth-order valence-corrected chi connectivity index (χ4v) is 8.02. The fourth-order valence-electron chi connectivity index (χ4n) is 4.84. The average Bonchev–Trinajstić information content (AvgIpc) is 3.48. The monoisotopic (exact) mass is 680 g/mol. The smallest absolute Gasteiger partial charge is 0.419 e. The second-order valence-corrected chi connectivity index (χ2v) is 19.9. The van der Waals surface area contributed by atoms with Gasteiger partial charge in [0.25, 0.3) is 0 Å². The number of carbonyl (C=O) groups excluding carboxylic acids is 2. The van der Waals surface area contributed by atoms with E-state index in [2.05, 4.69) is 25.8 Å². The first-order chi connectivity index (χ1) is 20.3. The standard InChI is InChI=1S/C30H41ClN4O6S2Si/c1-28(2,3)40-27(37)35-21(15-20-16-32-13-11-23(20)35)17-34-24(30(7,8)41-44-29(4,5)6)18-33(19-26(34)36)43(38,39)14-12-22-9-10-25(31)42-22/h9-16,24H,17-19,44H2,1-8H3/t24-/m1/s1. The summed E-state index contributed by atoms with van der Waals surface area (Å²) in [6.45, 7) is 15.2. The zero-order valence-corrected chi connectivity index (χ0v) is 30.3. The summed E-state index contributed by atoms with van der Waals surface area (Å²) in [6.07, 6.45) is 4.15. The average molecular weight is 681 g/mol. The van der Waals surface area contributed by atoms with E-state index in [1.54, 1.807) is 56.3 Å². The summed E-state index contributed by atoms with van der Waals surface area (Å²) >= 11 is 7.27. The molecule has 0 aromatic carbocycles. The number of halogens is 1. The first-order valence-corrected chi connectivity index (χ1v) is 18.3. The van der Waals surface area contributed by atoms with Crippen LogP contribution in [-0.2, 0) is 30.5 Å². The van der Waals surface area contributed by atoms with Crippen LogP contribution in [0.4, 0.5) is 4.79 Å². The van der Waals surface area contributed by atoms with Crippen LogP contribution in [-0.4, -0.2) is 79.3 Å². The van der Waals surface area contributed by atoms with Crippen molar-refractivity contribution >= 4 is 71.7 Å². The third-order valence-electron chi connectivity index (χ3n) is 7.01. The minimum absolute atomic E-state index is 0.0172. The van der Waals surface area contributed by atoms with Gasteiger partial charge in [-0.15, -0.1) is 11.3 Å². The molecule has 4 rings (SSSR count). The van der Waals surface area contributed by atoms with E-state index in [1.165, 1.54) is 26.3 Å². The lowest BCUT2D eigenvalue weighted by molar-refractivity contribution is -0.145. The molecule has 1 amide bonds. The normalized spacial score (nSPS) is 17.9. The van der Waals surface area contributed by atoms with E-state index >= 15 is 0 Å². The summed E-state index contributed by atoms with van der Waals surface area (Å²) in [6, 6.07) is 6.32. The molecule has 240 valence electrons. The van der Waals surface area contributed by atoms with Gasteiger partial charge in [0, 0.05) is 40.3 Å². The molecule has 1 aliphatic rings. The lowest BCUT2D eigenvalue weighted by atomic mass is 9.95. The predicted molar refractivity (Wildman–Crippen MR) is 178 cm³/mol. The molecule has 1 aliphatic heterocycles. The van der Waals surface area contributed by atoms with Crippen molar-refractivity contribution < 1.29 is 27.2 Å². The van der Waals surface area contributed by atoms with Crippen molar-refractivity contribution in [2.45, 2.75) is 84.2 Å². The summed E-state index contributed by atoms with van der Waals surface area (Å²) in [5.74, 6) is -0.398. The predicted octanol–water partition coefficient (Wildman–Crippen LogP) is 5.65. The molecule has 0 bridgehead atoms. The van der Waals surface area contributed by atoms with E-state index in [-0.39, 0.29) is 24.7 Å². The Hall–Kier alpha value is -2.55. The number of amides is 1. The first-order valence-electron chi connectivity index (χ1n) is 14.3. The number of nitrogens with zero attached hydrogens (tertiary/aromatic N) is 4. The third kappa shape index (κ3) is 8.37. The second-order valence-electron chi connectivity index (χ2n) is 13.7. The number of piperazine rings is 1. The second kappa shape index (κ2) is 12.7. The van der Waals surface area contributed by atoms with Crippen LogP contribution >= 0.6 is 22.9 Å². The van der Waals surface area contributed by atoms with E-state index in [0.717, 1.165) is 5.41 Å². The van der Waals surface area contributed by atoms with E-state index in [4.69, 9.17) is 20.8 Å². The molecule has 0 radical (unpaired) electrons. The van der Waals surface area contributed by atoms with Gasteiger partial charge < -0.3 is 14.1 Å². The minimum Gasteiger partial charge on any atom is -0.443 e. The van der Waals surface area contributed by atoms with Gasteiger partial charge in [0.05, 0.1) is 34.6 Å². The Balaban J connectivity index is 1.72. The lowest BCUT2D eigenvalue weighted by Crippen LogP contribution is -2.64. The first kappa shape index (κ1) is 34.3. The van der Waals surface area contributed by atoms with E-state index < -0.39 is 49.0 Å². The number of carbonyl (C=O) groups is 2. The largest absolute Gasteiger partial charge is 0.443 e. The molecular formula is C30H41ClN4O6S2Si. The molecule has 0 unspecified atom stereocenters. The molecule has 14 heteroatoms. The van der Waals surface area contributed by atoms with Crippen LogP contribution in [0.5, 0.6) is 0 Å². The van der Waals surface area contributed by atoms with Crippen molar-refractivity contribution in [3.63, 3.8) is 0 Å². The highest BCUT2D eigenvalue weighted by Crippen LogP contribution is 2.32. The summed E-state index contributed by atoms with van der Waals surface area (Å²) < 4.78 is 42.4. The highest BCUT2D eigenvalue weighted by molar-refractivity contribution is 7.92. The molecule has 3 aromatic rings. The van der Waals surface area contributed by atoms with Crippen LogP contribution in [0, 0.1) is 0 Å². The van der Waals surface area contributed by atoms with Crippen LogP contribution in [0.3, 0.4) is 0 Å². The molecule has 3 aromatic heterocycles. The number of thiophene rings is 1. The Morgan fingerprint density at radius 3 is 2.48 bits per heavy atom. The number of hydrogen-bond donors (Lipinski definition) is 0. The van der Waals surface area contributed by atoms with Gasteiger partial charge in [0.1, 0.15) is 5.60 Å². The van der Waals surface area contributed by atoms with Crippen LogP contribution in [0.2, 0.25) is 9.37 Å². The fraction of sp³-hybridized carbons (Fsp3) is 0.500. The van der Waals surface area contributed by atoms with Crippen LogP contribution in [0.25, 0.3) is 17.0 Å². The van der Waals surface area contributed by atoms with Gasteiger partial charge in [-0.2, -0.15) is 4.31 Å². The Morgan fingerprint density at radius 2 is 1.86 bits per heavy atom. The molecule has 0 saturated carbocycles. The highest BCUT2D eigenvalue weighted by Gasteiger charge is 2.45. The van der Waals surface area contributed by atoms with Crippen molar-refractivity contribution in [2.24, 2.45) is 0 Å². The number of hydrogen-bond acceptors (Lipinski definition) is 8. The molecule has 0 aliphatic carbocycles. The maximum absolute atomic E-state index is 13.9. The summed E-state index contributed by atoms with van der Waals surface area (Å²) in [5.41, 5.74) is -0.510. The minimum atomic E-state index is -3.96. The lowest BCUT2D eigenvalue weighted by Gasteiger charge is -2.48. The number of ether oxygens (including phenoxy) is 1. The van der Waals surface area contributed by atoms with Crippen LogP contribution < -0.4 is 0 Å². The van der Waals surface area contributed by atoms with Gasteiger partial charge >= 0.3 is 6.09 Å². The number of rotatable bonds is 8. The topological polar surface area (TPSA) is 111 Å². The Morgan fingerprint density at radius 1 is 1.16 bits per heavy atom. The number of aromatic nitrogens is 2. The third-order valence-corrected chi connectivity index (χ3v) is 11.4. The van der Waals surface area contributed by atoms with Crippen molar-refractivity contribution in [3.05, 3.63) is 57.0 Å². The summed E-state index contributed by atoms with van der Waals surface area (Å²) in [7, 11) is -5.04. The molecule has 1 fully saturated rings. The molecule has 10 nitrogen and oxygen atoms in total. The van der Waals surface area contributed by atoms with Crippen molar-refractivity contribution in [1.82, 2.24) is 18.8 Å². The molecule has 0 spiro atoms. The van der Waals surface area contributed by atoms with E-state index in [1.807, 2.05) is 19.9 Å². The van der Waals surface area contributed by atoms with Gasteiger partial charge in [-0.1, -0.05) is 32.4 Å². The number of sulfonamides is 1. The molecule has 0 N–H and O–H groups in total. The Bertz CT molecular complexity index is 1670. The van der Waals surface area contributed by atoms with E-state index in [0.29, 0.717) is 25.8 Å². The van der Waals surface area contributed by atoms with Gasteiger partial charge in [0.15, 0.2) is 9.76 Å². The zero-order chi connectivity index (χ0) is 32.7. The van der Waals surface area contributed by atoms with Crippen molar-refractivity contribution in [1.29, 1.82) is 0 Å². The van der Waals surface area contributed by atoms with Crippen LogP contribution in [0.15, 0.2) is 42.1 Å². The summed E-state index contributed by atoms with van der Waals surface area (Å²) in [5, 5.41) is 1.79. The quantitative estimate of drug-likeness (QED) is 0.283. The van der Waals surface area contributed by atoms with Gasteiger partial charge in [-0.3, -0.25) is 9.78 Å². The van der Waals surface area contributed by atoms with Gasteiger partial charge in [0.2, 0.25) is 15.9 Å². The molecule has 44 heavy (non-hydrogen) atoms. The maximum atomic E-state index is 13.9. The SMILES string of the molecule is CC(C)(C)OC(=O)n1c(CN2C(=O)CN(S(=O)(=O)C=Cc3ccc(Cl)s3)C[C@@H]2C(C)(C)O[SiH2]C(C)(C)C)cc2cnccc21. The number of pyridine rings is 1. The van der Waals surface area contributed by atoms with Crippen molar-refractivity contribution in [2.75, 3.05) is 13.1 Å². The van der Waals surface area contributed by atoms with Crippen LogP contribution in [0.1, 0.15) is 66.0 Å². The van der Waals surface area contributed by atoms with E-state index in [9.17, 15) is 18.0 Å². The van der Waals surface area contributed by atoms with Gasteiger partial charge in [-0.25, -0.2) is 17.8 Å². The summed E-state index contributed by atoms with van der Waals surface area (Å²) in [4.78, 5) is 33.9. The Kier molecular flexibility index (Phi) is 9.89. The Labute approximate surface area is 271 Å². The highest BCUT2D eigenvalue weighted by atomic mass is 35.5. The molecular weight excluding hydrogens is 640 g/mol. The molecule has 1 atom stereocenters. The molecule has 4 heterocycles. The zero-order valence-electron chi connectivity index (χ0n) is 26.5. The molecule has 1 saturated heterocycles. The van der Waals surface area contributed by atoms with Crippen molar-refractivity contribution in [3.8, 4) is 0 Å². The van der Waals surface area contributed by atoms with Gasteiger partial charge in [-0.05, 0) is 70.0 Å². The number of fused-ring (bicyclic) bond motifs is 1. The maximum Gasteiger partial charge on any atom is 0.419 e.